The van der Waals surface area contributed by atoms with Crippen molar-refractivity contribution in [1.29, 1.82) is 0 Å². The summed E-state index contributed by atoms with van der Waals surface area (Å²) in [5.41, 5.74) is -0.803. The van der Waals surface area contributed by atoms with Crippen LogP contribution in [0.5, 0.6) is 0 Å². The van der Waals surface area contributed by atoms with Gasteiger partial charge in [-0.1, -0.05) is 13.8 Å². The van der Waals surface area contributed by atoms with Crippen molar-refractivity contribution in [2.75, 3.05) is 6.61 Å². The Balaban J connectivity index is 2.66. The monoisotopic (exact) mass is 270 g/mol. The van der Waals surface area contributed by atoms with E-state index in [4.69, 9.17) is 0 Å². The van der Waals surface area contributed by atoms with Crippen molar-refractivity contribution < 1.29 is 14.8 Å². The molecule has 0 bridgehead atoms. The Kier molecular flexibility index (Phi) is 4.99. The van der Waals surface area contributed by atoms with Gasteiger partial charge in [0, 0.05) is 0 Å². The number of rotatable bonds is 7. The van der Waals surface area contributed by atoms with E-state index in [0.717, 1.165) is 6.20 Å². The Hall–Kier alpha value is -1.96. The zero-order chi connectivity index (χ0) is 14.5. The quantitative estimate of drug-likeness (QED) is 0.552. The van der Waals surface area contributed by atoms with Crippen molar-refractivity contribution in [3.63, 3.8) is 0 Å². The van der Waals surface area contributed by atoms with Gasteiger partial charge in [-0.05, 0) is 12.8 Å². The largest absolute Gasteiger partial charge is 0.394 e. The number of aliphatic hydroxyl groups is 1. The predicted molar refractivity (Wildman–Crippen MR) is 67.4 cm³/mol. The number of nitro groups is 1. The number of carbonyl (C=O) groups excluding carboxylic acids is 1. The molecule has 0 aromatic carbocycles. The zero-order valence-corrected chi connectivity index (χ0v) is 11.0. The first kappa shape index (κ1) is 15.1. The van der Waals surface area contributed by atoms with Gasteiger partial charge in [0.05, 0.1) is 17.1 Å². The molecular formula is C11H18N4O4. The van der Waals surface area contributed by atoms with E-state index in [0.29, 0.717) is 12.8 Å². The molecule has 0 atom stereocenters. The van der Waals surface area contributed by atoms with Crippen LogP contribution in [0.2, 0.25) is 0 Å². The first-order chi connectivity index (χ1) is 8.96. The molecule has 1 amide bonds. The van der Waals surface area contributed by atoms with Crippen LogP contribution in [0.25, 0.3) is 0 Å². The average molecular weight is 270 g/mol. The molecule has 0 aliphatic heterocycles. The molecule has 19 heavy (non-hydrogen) atoms. The Morgan fingerprint density at radius 1 is 1.58 bits per heavy atom. The number of hydrogen-bond acceptors (Lipinski definition) is 5. The van der Waals surface area contributed by atoms with Gasteiger partial charge in [-0.15, -0.1) is 0 Å². The molecule has 0 aliphatic rings. The van der Waals surface area contributed by atoms with Crippen molar-refractivity contribution in [1.82, 2.24) is 15.1 Å². The Morgan fingerprint density at radius 2 is 2.21 bits per heavy atom. The predicted octanol–water partition coefficient (Wildman–Crippen LogP) is 0.459. The molecule has 8 nitrogen and oxygen atoms in total. The SMILES string of the molecule is CCC(CC)(CO)NC(=O)Cn1cc([N+](=O)[O-])cn1. The van der Waals surface area contributed by atoms with Crippen molar-refractivity contribution >= 4 is 11.6 Å². The number of amides is 1. The lowest BCUT2D eigenvalue weighted by molar-refractivity contribution is -0.385. The summed E-state index contributed by atoms with van der Waals surface area (Å²) in [4.78, 5) is 21.7. The van der Waals surface area contributed by atoms with Gasteiger partial charge in [-0.25, -0.2) is 0 Å². The number of aromatic nitrogens is 2. The van der Waals surface area contributed by atoms with E-state index < -0.39 is 10.5 Å². The highest BCUT2D eigenvalue weighted by atomic mass is 16.6. The van der Waals surface area contributed by atoms with E-state index in [1.54, 1.807) is 0 Å². The number of hydrogen-bond donors (Lipinski definition) is 2. The van der Waals surface area contributed by atoms with Crippen LogP contribution in [-0.2, 0) is 11.3 Å². The van der Waals surface area contributed by atoms with Crippen LogP contribution in [0.15, 0.2) is 12.4 Å². The van der Waals surface area contributed by atoms with E-state index in [1.807, 2.05) is 13.8 Å². The average Bonchev–Trinajstić information content (AvgIpc) is 2.84. The van der Waals surface area contributed by atoms with E-state index >= 15 is 0 Å². The van der Waals surface area contributed by atoms with Crippen LogP contribution >= 0.6 is 0 Å². The summed E-state index contributed by atoms with van der Waals surface area (Å²) in [5.74, 6) is -0.337. The number of aliphatic hydroxyl groups excluding tert-OH is 1. The van der Waals surface area contributed by atoms with Gasteiger partial charge in [-0.2, -0.15) is 5.10 Å². The van der Waals surface area contributed by atoms with E-state index in [1.165, 1.54) is 10.9 Å². The van der Waals surface area contributed by atoms with Crippen molar-refractivity contribution in [2.45, 2.75) is 38.8 Å². The second-order valence-corrected chi connectivity index (χ2v) is 4.35. The maximum Gasteiger partial charge on any atom is 0.307 e. The third kappa shape index (κ3) is 3.75. The number of nitrogens with zero attached hydrogens (tertiary/aromatic N) is 3. The Labute approximate surface area is 110 Å². The summed E-state index contributed by atoms with van der Waals surface area (Å²) in [6.45, 7) is 3.48. The van der Waals surface area contributed by atoms with Crippen LogP contribution in [-0.4, -0.2) is 37.9 Å². The zero-order valence-electron chi connectivity index (χ0n) is 11.0. The Morgan fingerprint density at radius 3 is 2.63 bits per heavy atom. The molecule has 8 heteroatoms. The summed E-state index contributed by atoms with van der Waals surface area (Å²) >= 11 is 0. The minimum Gasteiger partial charge on any atom is -0.394 e. The van der Waals surface area contributed by atoms with E-state index in [2.05, 4.69) is 10.4 Å². The van der Waals surface area contributed by atoms with Crippen molar-refractivity contribution in [2.24, 2.45) is 0 Å². The first-order valence-corrected chi connectivity index (χ1v) is 6.05. The Bertz CT molecular complexity index is 445. The highest BCUT2D eigenvalue weighted by Gasteiger charge is 2.27. The summed E-state index contributed by atoms with van der Waals surface area (Å²) in [6.07, 6.45) is 3.49. The highest BCUT2D eigenvalue weighted by Crippen LogP contribution is 2.14. The lowest BCUT2D eigenvalue weighted by atomic mass is 9.94. The van der Waals surface area contributed by atoms with Gasteiger partial charge >= 0.3 is 5.69 Å². The first-order valence-electron chi connectivity index (χ1n) is 6.05. The summed E-state index contributed by atoms with van der Waals surface area (Å²) in [7, 11) is 0. The lowest BCUT2D eigenvalue weighted by Crippen LogP contribution is -2.51. The molecule has 1 aromatic rings. The fourth-order valence-corrected chi connectivity index (χ4v) is 1.71. The molecule has 1 aromatic heterocycles. The normalized spacial score (nSPS) is 11.3. The van der Waals surface area contributed by atoms with Gasteiger partial charge in [0.2, 0.25) is 5.91 Å². The van der Waals surface area contributed by atoms with Gasteiger partial charge in [-0.3, -0.25) is 19.6 Å². The molecule has 0 spiro atoms. The molecule has 0 saturated heterocycles. The van der Waals surface area contributed by atoms with E-state index in [-0.39, 0.29) is 24.7 Å². The molecule has 106 valence electrons. The summed E-state index contributed by atoms with van der Waals surface area (Å²) < 4.78 is 1.20. The molecule has 2 N–H and O–H groups in total. The van der Waals surface area contributed by atoms with Gasteiger partial charge < -0.3 is 10.4 Å². The highest BCUT2D eigenvalue weighted by molar-refractivity contribution is 5.76. The van der Waals surface area contributed by atoms with Crippen molar-refractivity contribution in [3.05, 3.63) is 22.5 Å². The van der Waals surface area contributed by atoms with Crippen LogP contribution < -0.4 is 5.32 Å². The maximum absolute atomic E-state index is 11.8. The lowest BCUT2D eigenvalue weighted by Gasteiger charge is -2.30. The smallest absolute Gasteiger partial charge is 0.307 e. The van der Waals surface area contributed by atoms with Gasteiger partial charge in [0.25, 0.3) is 0 Å². The summed E-state index contributed by atoms with van der Waals surface area (Å²) in [6, 6.07) is 0. The molecule has 0 aliphatic carbocycles. The van der Waals surface area contributed by atoms with Crippen LogP contribution in [0.3, 0.4) is 0 Å². The summed E-state index contributed by atoms with van der Waals surface area (Å²) in [5, 5.41) is 26.3. The standard InChI is InChI=1S/C11H18N4O4/c1-3-11(4-2,8-16)13-10(17)7-14-6-9(5-12-14)15(18)19/h5-6,16H,3-4,7-8H2,1-2H3,(H,13,17). The molecular weight excluding hydrogens is 252 g/mol. The fourth-order valence-electron chi connectivity index (χ4n) is 1.71. The minimum atomic E-state index is -0.643. The maximum atomic E-state index is 11.8. The fraction of sp³-hybridized carbons (Fsp3) is 0.636. The van der Waals surface area contributed by atoms with Gasteiger partial charge in [0.1, 0.15) is 18.9 Å². The molecule has 1 rings (SSSR count). The number of carbonyl (C=O) groups is 1. The van der Waals surface area contributed by atoms with Gasteiger partial charge in [0.15, 0.2) is 0 Å². The molecule has 0 unspecified atom stereocenters. The topological polar surface area (TPSA) is 110 Å². The second kappa shape index (κ2) is 6.28. The van der Waals surface area contributed by atoms with Crippen LogP contribution in [0.4, 0.5) is 5.69 Å². The second-order valence-electron chi connectivity index (χ2n) is 4.35. The molecule has 1 heterocycles. The molecule has 0 saturated carbocycles. The van der Waals surface area contributed by atoms with Crippen molar-refractivity contribution in [3.8, 4) is 0 Å². The van der Waals surface area contributed by atoms with Crippen LogP contribution in [0, 0.1) is 10.1 Å². The molecule has 0 fully saturated rings. The van der Waals surface area contributed by atoms with E-state index in [9.17, 15) is 20.0 Å². The molecule has 0 radical (unpaired) electrons. The third-order valence-corrected chi connectivity index (χ3v) is 3.20. The van der Waals surface area contributed by atoms with Crippen LogP contribution in [0.1, 0.15) is 26.7 Å². The third-order valence-electron chi connectivity index (χ3n) is 3.20. The minimum absolute atomic E-state index is 0.115. The number of nitrogens with one attached hydrogen (secondary N) is 1.